The van der Waals surface area contributed by atoms with E-state index in [-0.39, 0.29) is 0 Å². The van der Waals surface area contributed by atoms with Crippen LogP contribution in [0.3, 0.4) is 0 Å². The highest BCUT2D eigenvalue weighted by molar-refractivity contribution is 4.49. The summed E-state index contributed by atoms with van der Waals surface area (Å²) in [5.41, 5.74) is 0. The molecule has 0 atom stereocenters. The summed E-state index contributed by atoms with van der Waals surface area (Å²) >= 11 is 0. The van der Waals surface area contributed by atoms with E-state index in [1.165, 1.54) is 13.0 Å². The van der Waals surface area contributed by atoms with E-state index in [0.717, 1.165) is 19.4 Å². The Kier molecular flexibility index (Phi) is 16.3. The number of unbranched alkanes of at least 4 members (excludes halogenated alkanes) is 1. The van der Waals surface area contributed by atoms with Crippen LogP contribution in [0, 0.1) is 0 Å². The Morgan fingerprint density at radius 2 is 1.67 bits per heavy atom. The molecule has 0 aromatic rings. The fourth-order valence-corrected chi connectivity index (χ4v) is 0.987. The number of nitrogens with zero attached hydrogens (tertiary/aromatic N) is 1. The minimum atomic E-state index is 0.333. The Bertz CT molecular complexity index is 66.9. The van der Waals surface area contributed by atoms with Gasteiger partial charge in [-0.25, -0.2) is 0 Å². The molecule has 1 N–H and O–H groups in total. The minimum absolute atomic E-state index is 0.333. The van der Waals surface area contributed by atoms with Gasteiger partial charge in [-0.1, -0.05) is 20.8 Å². The van der Waals surface area contributed by atoms with E-state index in [0.29, 0.717) is 6.61 Å². The topological polar surface area (TPSA) is 23.5 Å². The lowest BCUT2D eigenvalue weighted by Crippen LogP contribution is -2.20. The van der Waals surface area contributed by atoms with Crippen molar-refractivity contribution in [3.8, 4) is 0 Å². The summed E-state index contributed by atoms with van der Waals surface area (Å²) in [4.78, 5) is 2.30. The second kappa shape index (κ2) is 13.5. The van der Waals surface area contributed by atoms with Crippen LogP contribution < -0.4 is 0 Å². The third-order valence-electron chi connectivity index (χ3n) is 1.55. The van der Waals surface area contributed by atoms with Crippen molar-refractivity contribution < 1.29 is 5.11 Å². The molecule has 0 spiro atoms. The molecule has 0 radical (unpaired) electrons. The first kappa shape index (κ1) is 14.4. The van der Waals surface area contributed by atoms with Crippen molar-refractivity contribution >= 4 is 0 Å². The molecule has 0 aromatic heterocycles. The van der Waals surface area contributed by atoms with Gasteiger partial charge in [0.2, 0.25) is 0 Å². The van der Waals surface area contributed by atoms with Gasteiger partial charge in [-0.3, -0.25) is 0 Å². The van der Waals surface area contributed by atoms with Crippen LogP contribution in [0.5, 0.6) is 0 Å². The fraction of sp³-hybridized carbons (Fsp3) is 1.00. The molecule has 0 heterocycles. The molecule has 0 rings (SSSR count). The van der Waals surface area contributed by atoms with Crippen LogP contribution >= 0.6 is 0 Å². The Morgan fingerprint density at radius 3 is 2.08 bits per heavy atom. The Hall–Kier alpha value is -0.0800. The minimum Gasteiger partial charge on any atom is -0.396 e. The lowest BCUT2D eigenvalue weighted by Gasteiger charge is -2.14. The molecule has 0 bridgehead atoms. The summed E-state index contributed by atoms with van der Waals surface area (Å²) in [6, 6.07) is 0. The molecule has 2 heteroatoms. The third-order valence-corrected chi connectivity index (χ3v) is 1.55. The molecule has 0 aromatic carbocycles. The molecule has 12 heavy (non-hydrogen) atoms. The zero-order chi connectivity index (χ0) is 9.82. The largest absolute Gasteiger partial charge is 0.396 e. The zero-order valence-electron chi connectivity index (χ0n) is 9.14. The summed E-state index contributed by atoms with van der Waals surface area (Å²) in [6.07, 6.45) is 3.27. The van der Waals surface area contributed by atoms with Gasteiger partial charge < -0.3 is 10.0 Å². The maximum atomic E-state index is 8.49. The van der Waals surface area contributed by atoms with Crippen LogP contribution in [0.4, 0.5) is 0 Å². The summed E-state index contributed by atoms with van der Waals surface area (Å²) in [5.74, 6) is 0. The lowest BCUT2D eigenvalue weighted by atomic mass is 10.3. The molecule has 0 amide bonds. The van der Waals surface area contributed by atoms with Gasteiger partial charge in [0.1, 0.15) is 0 Å². The Balaban J connectivity index is 0. The van der Waals surface area contributed by atoms with Crippen molar-refractivity contribution in [2.24, 2.45) is 0 Å². The zero-order valence-corrected chi connectivity index (χ0v) is 9.14. The van der Waals surface area contributed by atoms with Crippen LogP contribution in [0.1, 0.15) is 40.0 Å². The van der Waals surface area contributed by atoms with Crippen LogP contribution in [-0.2, 0) is 0 Å². The summed E-state index contributed by atoms with van der Waals surface area (Å²) in [6.45, 7) is 8.81. The van der Waals surface area contributed by atoms with Gasteiger partial charge >= 0.3 is 0 Å². The predicted octanol–water partition coefficient (Wildman–Crippen LogP) is 2.13. The molecule has 0 aliphatic heterocycles. The van der Waals surface area contributed by atoms with Gasteiger partial charge in [0.15, 0.2) is 0 Å². The van der Waals surface area contributed by atoms with Crippen molar-refractivity contribution in [1.29, 1.82) is 0 Å². The highest BCUT2D eigenvalue weighted by atomic mass is 16.2. The van der Waals surface area contributed by atoms with Crippen LogP contribution in [0.25, 0.3) is 0 Å². The molecule has 0 unspecified atom stereocenters. The van der Waals surface area contributed by atoms with Crippen molar-refractivity contribution in [2.45, 2.75) is 40.0 Å². The van der Waals surface area contributed by atoms with Crippen molar-refractivity contribution in [1.82, 2.24) is 4.90 Å². The first-order valence-corrected chi connectivity index (χ1v) is 5.10. The van der Waals surface area contributed by atoms with Crippen molar-refractivity contribution in [3.63, 3.8) is 0 Å². The van der Waals surface area contributed by atoms with Gasteiger partial charge in [0.05, 0.1) is 0 Å². The van der Waals surface area contributed by atoms with Gasteiger partial charge in [0, 0.05) is 6.61 Å². The highest BCUT2D eigenvalue weighted by Gasteiger charge is 1.93. The molecule has 2 nitrogen and oxygen atoms in total. The number of rotatable bonds is 6. The molecular formula is C10H25NO. The maximum absolute atomic E-state index is 8.49. The number of hydrogen-bond donors (Lipinski definition) is 1. The second-order valence-corrected chi connectivity index (χ2v) is 2.73. The Morgan fingerprint density at radius 1 is 1.08 bits per heavy atom. The summed E-state index contributed by atoms with van der Waals surface area (Å²) in [7, 11) is 2.13. The van der Waals surface area contributed by atoms with E-state index < -0.39 is 0 Å². The lowest BCUT2D eigenvalue weighted by molar-refractivity contribution is 0.263. The Labute approximate surface area is 77.6 Å². The van der Waals surface area contributed by atoms with Crippen molar-refractivity contribution in [3.05, 3.63) is 0 Å². The third kappa shape index (κ3) is 12.6. The first-order chi connectivity index (χ1) is 5.81. The average molecular weight is 175 g/mol. The smallest absolute Gasteiger partial charge is 0.0431 e. The van der Waals surface area contributed by atoms with Gasteiger partial charge in [0.25, 0.3) is 0 Å². The van der Waals surface area contributed by atoms with E-state index >= 15 is 0 Å². The quantitative estimate of drug-likeness (QED) is 0.625. The standard InChI is InChI=1S/C8H19NO.C2H6/c1-3-6-9(2)7-4-5-8-10;1-2/h10H,3-8H2,1-2H3;1-2H3. The number of hydrogen-bond acceptors (Lipinski definition) is 2. The molecule has 0 saturated heterocycles. The van der Waals surface area contributed by atoms with E-state index in [1.807, 2.05) is 13.8 Å². The molecule has 0 fully saturated rings. The molecule has 0 aliphatic carbocycles. The summed E-state index contributed by atoms with van der Waals surface area (Å²) < 4.78 is 0. The van der Waals surface area contributed by atoms with E-state index in [2.05, 4.69) is 18.9 Å². The van der Waals surface area contributed by atoms with Crippen LogP contribution in [0.2, 0.25) is 0 Å². The fourth-order valence-electron chi connectivity index (χ4n) is 0.987. The van der Waals surface area contributed by atoms with Crippen molar-refractivity contribution in [2.75, 3.05) is 26.7 Å². The maximum Gasteiger partial charge on any atom is 0.0431 e. The SMILES string of the molecule is CC.CCCN(C)CCCCO. The first-order valence-electron chi connectivity index (χ1n) is 5.10. The average Bonchev–Trinajstić information content (AvgIpc) is 2.09. The molecule has 0 saturated carbocycles. The van der Waals surface area contributed by atoms with E-state index in [1.54, 1.807) is 0 Å². The molecule has 0 aliphatic rings. The monoisotopic (exact) mass is 175 g/mol. The highest BCUT2D eigenvalue weighted by Crippen LogP contribution is 1.92. The number of aliphatic hydroxyl groups is 1. The van der Waals surface area contributed by atoms with Crippen LogP contribution in [0.15, 0.2) is 0 Å². The second-order valence-electron chi connectivity index (χ2n) is 2.73. The van der Waals surface area contributed by atoms with Crippen LogP contribution in [-0.4, -0.2) is 36.8 Å². The van der Waals surface area contributed by atoms with Gasteiger partial charge in [-0.05, 0) is 39.4 Å². The van der Waals surface area contributed by atoms with Gasteiger partial charge in [-0.15, -0.1) is 0 Å². The summed E-state index contributed by atoms with van der Waals surface area (Å²) in [5, 5.41) is 8.49. The normalized spacial score (nSPS) is 9.50. The molecular weight excluding hydrogens is 150 g/mol. The molecule has 76 valence electrons. The van der Waals surface area contributed by atoms with E-state index in [4.69, 9.17) is 5.11 Å². The van der Waals surface area contributed by atoms with Gasteiger partial charge in [-0.2, -0.15) is 0 Å². The predicted molar refractivity (Wildman–Crippen MR) is 55.5 cm³/mol. The number of aliphatic hydroxyl groups excluding tert-OH is 1. The van der Waals surface area contributed by atoms with E-state index in [9.17, 15) is 0 Å².